The van der Waals surface area contributed by atoms with Crippen LogP contribution in [-0.2, 0) is 11.2 Å². The Labute approximate surface area is 122 Å². The van der Waals surface area contributed by atoms with Crippen LogP contribution in [0.4, 0.5) is 5.69 Å². The molecule has 0 aliphatic carbocycles. The molecule has 2 N–H and O–H groups in total. The maximum atomic E-state index is 11.6. The van der Waals surface area contributed by atoms with E-state index in [1.54, 1.807) is 18.2 Å². The van der Waals surface area contributed by atoms with Gasteiger partial charge < -0.3 is 10.4 Å². The topological polar surface area (TPSA) is 66.4 Å². The lowest BCUT2D eigenvalue weighted by Gasteiger charge is -2.13. The Hall–Kier alpha value is -2.62. The van der Waals surface area contributed by atoms with Crippen LogP contribution in [0.2, 0.25) is 0 Å². The molecule has 0 aromatic heterocycles. The van der Waals surface area contributed by atoms with E-state index in [9.17, 15) is 9.59 Å². The molecular formula is C17H15NO3. The van der Waals surface area contributed by atoms with Gasteiger partial charge in [0.15, 0.2) is 0 Å². The number of carboxylic acids is 1. The third-order valence-corrected chi connectivity index (χ3v) is 3.70. The Morgan fingerprint density at radius 1 is 1.10 bits per heavy atom. The van der Waals surface area contributed by atoms with Crippen molar-refractivity contribution in [1.29, 1.82) is 0 Å². The normalized spacial score (nSPS) is 14.0. The molecule has 0 atom stereocenters. The standard InChI is InChI=1S/C17H15NO3/c19-16-9-3-7-14-13(6-2-8-15(14)18-16)11-4-1-5-12(10-11)17(20)21/h1-2,4-6,8,10H,3,7,9H2,(H,18,19)(H,20,21). The van der Waals surface area contributed by atoms with Gasteiger partial charge in [0, 0.05) is 12.1 Å². The molecule has 1 aliphatic rings. The molecule has 2 aromatic rings. The van der Waals surface area contributed by atoms with E-state index in [-0.39, 0.29) is 11.5 Å². The number of fused-ring (bicyclic) bond motifs is 1. The Morgan fingerprint density at radius 3 is 2.71 bits per heavy atom. The lowest BCUT2D eigenvalue weighted by Crippen LogP contribution is -2.09. The number of hydrogen-bond acceptors (Lipinski definition) is 2. The zero-order chi connectivity index (χ0) is 14.8. The van der Waals surface area contributed by atoms with Crippen LogP contribution in [0, 0.1) is 0 Å². The maximum Gasteiger partial charge on any atom is 0.335 e. The minimum Gasteiger partial charge on any atom is -0.478 e. The molecule has 0 radical (unpaired) electrons. The molecule has 21 heavy (non-hydrogen) atoms. The number of rotatable bonds is 2. The molecule has 2 aromatic carbocycles. The van der Waals surface area contributed by atoms with Crippen molar-refractivity contribution >= 4 is 17.6 Å². The lowest BCUT2D eigenvalue weighted by atomic mass is 9.94. The van der Waals surface area contributed by atoms with Crippen LogP contribution >= 0.6 is 0 Å². The van der Waals surface area contributed by atoms with Gasteiger partial charge in [0.25, 0.3) is 0 Å². The second kappa shape index (κ2) is 5.40. The Bertz CT molecular complexity index is 722. The van der Waals surface area contributed by atoms with Gasteiger partial charge in [0.1, 0.15) is 0 Å². The van der Waals surface area contributed by atoms with Gasteiger partial charge in [-0.1, -0.05) is 24.3 Å². The summed E-state index contributed by atoms with van der Waals surface area (Å²) < 4.78 is 0. The summed E-state index contributed by atoms with van der Waals surface area (Å²) in [6.45, 7) is 0. The number of amides is 1. The minimum atomic E-state index is -0.938. The first kappa shape index (κ1) is 13.4. The predicted octanol–water partition coefficient (Wildman–Crippen LogP) is 3.33. The Morgan fingerprint density at radius 2 is 1.90 bits per heavy atom. The van der Waals surface area contributed by atoms with Crippen LogP contribution in [0.3, 0.4) is 0 Å². The van der Waals surface area contributed by atoms with E-state index in [2.05, 4.69) is 5.32 Å². The molecule has 0 spiro atoms. The maximum absolute atomic E-state index is 11.6. The van der Waals surface area contributed by atoms with E-state index < -0.39 is 5.97 Å². The number of nitrogens with one attached hydrogen (secondary N) is 1. The fourth-order valence-electron chi connectivity index (χ4n) is 2.70. The van der Waals surface area contributed by atoms with Gasteiger partial charge in [-0.15, -0.1) is 0 Å². The zero-order valence-corrected chi connectivity index (χ0v) is 11.4. The van der Waals surface area contributed by atoms with Gasteiger partial charge in [-0.05, 0) is 47.7 Å². The molecule has 4 heteroatoms. The first-order chi connectivity index (χ1) is 10.1. The molecule has 0 saturated heterocycles. The fourth-order valence-corrected chi connectivity index (χ4v) is 2.70. The molecule has 0 unspecified atom stereocenters. The molecule has 0 fully saturated rings. The smallest absolute Gasteiger partial charge is 0.335 e. The van der Waals surface area contributed by atoms with Crippen molar-refractivity contribution < 1.29 is 14.7 Å². The monoisotopic (exact) mass is 281 g/mol. The lowest BCUT2D eigenvalue weighted by molar-refractivity contribution is -0.116. The van der Waals surface area contributed by atoms with E-state index in [0.717, 1.165) is 35.2 Å². The van der Waals surface area contributed by atoms with Gasteiger partial charge in [-0.2, -0.15) is 0 Å². The van der Waals surface area contributed by atoms with Crippen LogP contribution in [0.15, 0.2) is 42.5 Å². The number of carboxylic acid groups (broad SMARTS) is 1. The second-order valence-electron chi connectivity index (χ2n) is 5.12. The number of carbonyl (C=O) groups is 2. The van der Waals surface area contributed by atoms with Crippen LogP contribution in [0.25, 0.3) is 11.1 Å². The number of anilines is 1. The molecule has 0 saturated carbocycles. The highest BCUT2D eigenvalue weighted by molar-refractivity contribution is 5.94. The van der Waals surface area contributed by atoms with Crippen molar-refractivity contribution in [1.82, 2.24) is 0 Å². The highest BCUT2D eigenvalue weighted by atomic mass is 16.4. The Balaban J connectivity index is 2.11. The van der Waals surface area contributed by atoms with E-state index in [1.807, 2.05) is 24.3 Å². The molecular weight excluding hydrogens is 266 g/mol. The molecule has 1 amide bonds. The van der Waals surface area contributed by atoms with E-state index in [0.29, 0.717) is 6.42 Å². The summed E-state index contributed by atoms with van der Waals surface area (Å²) in [5, 5.41) is 12.0. The summed E-state index contributed by atoms with van der Waals surface area (Å²) in [6.07, 6.45) is 2.12. The predicted molar refractivity (Wildman–Crippen MR) is 80.4 cm³/mol. The molecule has 3 rings (SSSR count). The van der Waals surface area contributed by atoms with Crippen molar-refractivity contribution in [3.8, 4) is 11.1 Å². The van der Waals surface area contributed by atoms with Gasteiger partial charge >= 0.3 is 5.97 Å². The molecule has 1 aliphatic heterocycles. The summed E-state index contributed by atoms with van der Waals surface area (Å²) in [7, 11) is 0. The molecule has 106 valence electrons. The van der Waals surface area contributed by atoms with Crippen molar-refractivity contribution in [3.05, 3.63) is 53.6 Å². The summed E-state index contributed by atoms with van der Waals surface area (Å²) >= 11 is 0. The van der Waals surface area contributed by atoms with Gasteiger partial charge in [0.2, 0.25) is 5.91 Å². The largest absolute Gasteiger partial charge is 0.478 e. The fraction of sp³-hybridized carbons (Fsp3) is 0.176. The van der Waals surface area contributed by atoms with E-state index in [4.69, 9.17) is 5.11 Å². The van der Waals surface area contributed by atoms with Crippen molar-refractivity contribution in [2.45, 2.75) is 19.3 Å². The minimum absolute atomic E-state index is 0.0326. The van der Waals surface area contributed by atoms with Crippen molar-refractivity contribution in [3.63, 3.8) is 0 Å². The molecule has 0 bridgehead atoms. The number of hydrogen-bond donors (Lipinski definition) is 2. The highest BCUT2D eigenvalue weighted by Crippen LogP contribution is 2.32. The van der Waals surface area contributed by atoms with Crippen molar-refractivity contribution in [2.75, 3.05) is 5.32 Å². The van der Waals surface area contributed by atoms with Crippen LogP contribution in [-0.4, -0.2) is 17.0 Å². The average molecular weight is 281 g/mol. The van der Waals surface area contributed by atoms with Crippen molar-refractivity contribution in [2.24, 2.45) is 0 Å². The average Bonchev–Trinajstić information content (AvgIpc) is 2.67. The quantitative estimate of drug-likeness (QED) is 0.887. The van der Waals surface area contributed by atoms with Crippen LogP contribution < -0.4 is 5.32 Å². The number of benzene rings is 2. The number of carbonyl (C=O) groups excluding carboxylic acids is 1. The highest BCUT2D eigenvalue weighted by Gasteiger charge is 2.16. The SMILES string of the molecule is O=C1CCCc2c(cccc2-c2cccc(C(=O)O)c2)N1. The zero-order valence-electron chi connectivity index (χ0n) is 11.4. The second-order valence-corrected chi connectivity index (χ2v) is 5.12. The third-order valence-electron chi connectivity index (χ3n) is 3.70. The van der Waals surface area contributed by atoms with Crippen LogP contribution in [0.1, 0.15) is 28.8 Å². The molecule has 1 heterocycles. The summed E-state index contributed by atoms with van der Waals surface area (Å²) in [5.74, 6) is -0.905. The summed E-state index contributed by atoms with van der Waals surface area (Å²) in [5.41, 5.74) is 4.02. The third kappa shape index (κ3) is 2.65. The van der Waals surface area contributed by atoms with Gasteiger partial charge in [-0.25, -0.2) is 4.79 Å². The summed E-state index contributed by atoms with van der Waals surface area (Å²) in [6, 6.07) is 12.6. The summed E-state index contributed by atoms with van der Waals surface area (Å²) in [4.78, 5) is 22.8. The van der Waals surface area contributed by atoms with Gasteiger partial charge in [-0.3, -0.25) is 4.79 Å². The molecule has 4 nitrogen and oxygen atoms in total. The van der Waals surface area contributed by atoms with Gasteiger partial charge in [0.05, 0.1) is 5.56 Å². The Kier molecular flexibility index (Phi) is 3.44. The van der Waals surface area contributed by atoms with Crippen LogP contribution in [0.5, 0.6) is 0 Å². The first-order valence-corrected chi connectivity index (χ1v) is 6.90. The van der Waals surface area contributed by atoms with E-state index in [1.165, 1.54) is 0 Å². The first-order valence-electron chi connectivity index (χ1n) is 6.90. The van der Waals surface area contributed by atoms with E-state index >= 15 is 0 Å². The number of aromatic carboxylic acids is 1.